The van der Waals surface area contributed by atoms with Gasteiger partial charge in [0, 0.05) is 19.5 Å². The average Bonchev–Trinajstić information content (AvgIpc) is 2.39. The summed E-state index contributed by atoms with van der Waals surface area (Å²) in [5.41, 5.74) is 2.13. The van der Waals surface area contributed by atoms with Gasteiger partial charge in [-0.25, -0.2) is 0 Å². The van der Waals surface area contributed by atoms with E-state index < -0.39 is 0 Å². The van der Waals surface area contributed by atoms with E-state index in [1.807, 2.05) is 12.1 Å². The summed E-state index contributed by atoms with van der Waals surface area (Å²) >= 11 is 0. The Morgan fingerprint density at radius 2 is 2.06 bits per heavy atom. The van der Waals surface area contributed by atoms with Crippen molar-refractivity contribution in [1.29, 1.82) is 0 Å². The molecule has 1 aromatic rings. The van der Waals surface area contributed by atoms with Crippen molar-refractivity contribution in [2.75, 3.05) is 7.11 Å². The molecule has 1 unspecified atom stereocenters. The molecule has 0 saturated carbocycles. The molecule has 2 nitrogen and oxygen atoms in total. The lowest BCUT2D eigenvalue weighted by atomic mass is 9.87. The Morgan fingerprint density at radius 3 is 2.76 bits per heavy atom. The molecule has 0 spiro atoms. The molecule has 2 rings (SSSR count). The molecule has 2 heteroatoms. The Balaban J connectivity index is 2.20. The SMILES string of the molecule is COC1(C)CC=CC=C1/C=C/c1ccncc1. The van der Waals surface area contributed by atoms with Crippen molar-refractivity contribution >= 4 is 6.08 Å². The minimum absolute atomic E-state index is 0.210. The van der Waals surface area contributed by atoms with Gasteiger partial charge in [0.15, 0.2) is 0 Å². The summed E-state index contributed by atoms with van der Waals surface area (Å²) in [6.45, 7) is 2.11. The molecule has 1 heterocycles. The number of methoxy groups -OCH3 is 1. The fourth-order valence-corrected chi connectivity index (χ4v) is 1.85. The maximum atomic E-state index is 5.60. The van der Waals surface area contributed by atoms with Crippen LogP contribution in [-0.4, -0.2) is 17.7 Å². The second kappa shape index (κ2) is 5.11. The Bertz CT molecular complexity index is 459. The Kier molecular flexibility index (Phi) is 3.55. The van der Waals surface area contributed by atoms with E-state index in [1.165, 1.54) is 5.57 Å². The van der Waals surface area contributed by atoms with E-state index >= 15 is 0 Å². The molecule has 88 valence electrons. The molecule has 0 aliphatic heterocycles. The molecular formula is C15H17NO. The fraction of sp³-hybridized carbons (Fsp3) is 0.267. The number of nitrogens with zero attached hydrogens (tertiary/aromatic N) is 1. The van der Waals surface area contributed by atoms with E-state index in [9.17, 15) is 0 Å². The van der Waals surface area contributed by atoms with Crippen molar-refractivity contribution in [3.05, 3.63) is 60.0 Å². The molecule has 1 aliphatic carbocycles. The molecular weight excluding hydrogens is 210 g/mol. The maximum absolute atomic E-state index is 5.60. The van der Waals surface area contributed by atoms with Crippen LogP contribution in [-0.2, 0) is 4.74 Å². The second-order valence-electron chi connectivity index (χ2n) is 4.30. The Morgan fingerprint density at radius 1 is 1.29 bits per heavy atom. The minimum Gasteiger partial charge on any atom is -0.373 e. The quantitative estimate of drug-likeness (QED) is 0.789. The third-order valence-electron chi connectivity index (χ3n) is 3.14. The summed E-state index contributed by atoms with van der Waals surface area (Å²) in [6, 6.07) is 3.97. The molecule has 1 atom stereocenters. The summed E-state index contributed by atoms with van der Waals surface area (Å²) in [5, 5.41) is 0. The first kappa shape index (κ1) is 11.8. The number of ether oxygens (including phenoxy) is 1. The van der Waals surface area contributed by atoms with Gasteiger partial charge in [-0.1, -0.05) is 30.4 Å². The van der Waals surface area contributed by atoms with Crippen molar-refractivity contribution in [3.8, 4) is 0 Å². The lowest BCUT2D eigenvalue weighted by Crippen LogP contribution is -2.29. The van der Waals surface area contributed by atoms with Gasteiger partial charge in [-0.2, -0.15) is 0 Å². The van der Waals surface area contributed by atoms with Crippen LogP contribution in [0.15, 0.2) is 54.4 Å². The van der Waals surface area contributed by atoms with E-state index in [1.54, 1.807) is 19.5 Å². The van der Waals surface area contributed by atoms with Crippen molar-refractivity contribution in [3.63, 3.8) is 0 Å². The standard InChI is InChI=1S/C15H17NO/c1-15(17-2)10-4-3-5-14(15)7-6-13-8-11-16-12-9-13/h3-9,11-12H,10H2,1-2H3/b7-6+. The molecule has 0 fully saturated rings. The molecule has 0 N–H and O–H groups in total. The fourth-order valence-electron chi connectivity index (χ4n) is 1.85. The van der Waals surface area contributed by atoms with Gasteiger partial charge in [-0.15, -0.1) is 0 Å². The lowest BCUT2D eigenvalue weighted by Gasteiger charge is -2.30. The van der Waals surface area contributed by atoms with Crippen molar-refractivity contribution in [2.24, 2.45) is 0 Å². The highest BCUT2D eigenvalue weighted by atomic mass is 16.5. The maximum Gasteiger partial charge on any atom is 0.0933 e. The third-order valence-corrected chi connectivity index (χ3v) is 3.14. The highest BCUT2D eigenvalue weighted by Gasteiger charge is 2.26. The van der Waals surface area contributed by atoms with Gasteiger partial charge in [-0.05, 0) is 36.6 Å². The number of aromatic nitrogens is 1. The van der Waals surface area contributed by atoms with Gasteiger partial charge in [0.1, 0.15) is 0 Å². The summed E-state index contributed by atoms with van der Waals surface area (Å²) in [5.74, 6) is 0. The van der Waals surface area contributed by atoms with E-state index in [4.69, 9.17) is 4.74 Å². The molecule has 17 heavy (non-hydrogen) atoms. The van der Waals surface area contributed by atoms with Crippen LogP contribution in [0.3, 0.4) is 0 Å². The number of pyridine rings is 1. The van der Waals surface area contributed by atoms with Crippen molar-refractivity contribution in [1.82, 2.24) is 4.98 Å². The number of rotatable bonds is 3. The van der Waals surface area contributed by atoms with E-state index in [0.29, 0.717) is 0 Å². The Labute approximate surface area is 102 Å². The summed E-state index contributed by atoms with van der Waals surface area (Å²) in [6.07, 6.45) is 15.0. The summed E-state index contributed by atoms with van der Waals surface area (Å²) in [4.78, 5) is 4.00. The number of hydrogen-bond acceptors (Lipinski definition) is 2. The monoisotopic (exact) mass is 227 g/mol. The van der Waals surface area contributed by atoms with Crippen LogP contribution in [0.4, 0.5) is 0 Å². The predicted molar refractivity (Wildman–Crippen MR) is 70.5 cm³/mol. The number of hydrogen-bond donors (Lipinski definition) is 0. The molecule has 1 aliphatic rings. The van der Waals surface area contributed by atoms with Gasteiger partial charge in [0.25, 0.3) is 0 Å². The molecule has 1 aromatic heterocycles. The van der Waals surface area contributed by atoms with Crippen LogP contribution in [0.5, 0.6) is 0 Å². The van der Waals surface area contributed by atoms with Gasteiger partial charge in [0.05, 0.1) is 5.60 Å². The summed E-state index contributed by atoms with van der Waals surface area (Å²) < 4.78 is 5.60. The van der Waals surface area contributed by atoms with Crippen LogP contribution in [0.2, 0.25) is 0 Å². The highest BCUT2D eigenvalue weighted by Crippen LogP contribution is 2.29. The van der Waals surface area contributed by atoms with Crippen LogP contribution >= 0.6 is 0 Å². The van der Waals surface area contributed by atoms with Gasteiger partial charge in [0.2, 0.25) is 0 Å². The first-order valence-corrected chi connectivity index (χ1v) is 5.75. The molecule has 0 radical (unpaired) electrons. The second-order valence-corrected chi connectivity index (χ2v) is 4.30. The summed E-state index contributed by atoms with van der Waals surface area (Å²) in [7, 11) is 1.76. The first-order chi connectivity index (χ1) is 8.24. The van der Waals surface area contributed by atoms with Crippen LogP contribution in [0, 0.1) is 0 Å². The highest BCUT2D eigenvalue weighted by molar-refractivity contribution is 5.54. The zero-order chi connectivity index (χ0) is 12.1. The predicted octanol–water partition coefficient (Wildman–Crippen LogP) is 3.39. The van der Waals surface area contributed by atoms with Crippen molar-refractivity contribution < 1.29 is 4.74 Å². The van der Waals surface area contributed by atoms with E-state index in [2.05, 4.69) is 42.3 Å². The number of allylic oxidation sites excluding steroid dienone is 2. The van der Waals surface area contributed by atoms with Crippen LogP contribution in [0.25, 0.3) is 6.08 Å². The smallest absolute Gasteiger partial charge is 0.0933 e. The topological polar surface area (TPSA) is 22.1 Å². The molecule has 0 aromatic carbocycles. The van der Waals surface area contributed by atoms with Crippen molar-refractivity contribution in [2.45, 2.75) is 18.9 Å². The van der Waals surface area contributed by atoms with Crippen LogP contribution in [0.1, 0.15) is 18.9 Å². The normalized spacial score (nSPS) is 24.0. The first-order valence-electron chi connectivity index (χ1n) is 5.75. The molecule has 0 bridgehead atoms. The lowest BCUT2D eigenvalue weighted by molar-refractivity contribution is 0.0430. The molecule has 0 saturated heterocycles. The van der Waals surface area contributed by atoms with Gasteiger partial charge in [-0.3, -0.25) is 4.98 Å². The van der Waals surface area contributed by atoms with E-state index in [0.717, 1.165) is 12.0 Å². The minimum atomic E-state index is -0.210. The van der Waals surface area contributed by atoms with Gasteiger partial charge >= 0.3 is 0 Å². The van der Waals surface area contributed by atoms with Gasteiger partial charge < -0.3 is 4.74 Å². The average molecular weight is 227 g/mol. The van der Waals surface area contributed by atoms with Crippen LogP contribution < -0.4 is 0 Å². The Hall–Kier alpha value is -1.67. The largest absolute Gasteiger partial charge is 0.373 e. The zero-order valence-electron chi connectivity index (χ0n) is 10.3. The third kappa shape index (κ3) is 2.71. The van der Waals surface area contributed by atoms with E-state index in [-0.39, 0.29) is 5.60 Å². The molecule has 0 amide bonds. The zero-order valence-corrected chi connectivity index (χ0v) is 10.3.